The molecule has 0 aliphatic carbocycles. The SMILES string of the molecule is Cc1nc(-c2ccccc2)sc1C(=O)NNC(=O)c1cc(Br)cnc1Cl. The van der Waals surface area contributed by atoms with Gasteiger partial charge in [0.15, 0.2) is 0 Å². The highest BCUT2D eigenvalue weighted by Gasteiger charge is 2.18. The van der Waals surface area contributed by atoms with Gasteiger partial charge in [-0.3, -0.25) is 20.4 Å². The molecule has 3 aromatic rings. The third kappa shape index (κ3) is 4.09. The van der Waals surface area contributed by atoms with Crippen molar-refractivity contribution >= 4 is 50.7 Å². The van der Waals surface area contributed by atoms with Gasteiger partial charge in [0, 0.05) is 16.2 Å². The van der Waals surface area contributed by atoms with Crippen molar-refractivity contribution in [1.29, 1.82) is 0 Å². The van der Waals surface area contributed by atoms with Crippen molar-refractivity contribution in [3.8, 4) is 10.6 Å². The van der Waals surface area contributed by atoms with Gasteiger partial charge in [-0.1, -0.05) is 41.9 Å². The van der Waals surface area contributed by atoms with E-state index in [1.54, 1.807) is 6.92 Å². The number of benzene rings is 1. The second-order valence-corrected chi connectivity index (χ2v) is 7.47. The highest BCUT2D eigenvalue weighted by molar-refractivity contribution is 9.10. The molecule has 2 N–H and O–H groups in total. The zero-order valence-electron chi connectivity index (χ0n) is 13.4. The zero-order valence-corrected chi connectivity index (χ0v) is 16.6. The van der Waals surface area contributed by atoms with Crippen molar-refractivity contribution in [2.24, 2.45) is 0 Å². The van der Waals surface area contributed by atoms with Crippen LogP contribution in [0.4, 0.5) is 0 Å². The number of carbonyl (C=O) groups excluding carboxylic acids is 2. The average Bonchev–Trinajstić information content (AvgIpc) is 3.04. The van der Waals surface area contributed by atoms with Gasteiger partial charge in [-0.25, -0.2) is 9.97 Å². The van der Waals surface area contributed by atoms with Gasteiger partial charge in [0.2, 0.25) is 0 Å². The molecule has 0 radical (unpaired) electrons. The monoisotopic (exact) mass is 450 g/mol. The lowest BCUT2D eigenvalue weighted by Gasteiger charge is -2.07. The van der Waals surface area contributed by atoms with Crippen LogP contribution in [0.25, 0.3) is 10.6 Å². The van der Waals surface area contributed by atoms with E-state index in [1.165, 1.54) is 23.6 Å². The van der Waals surface area contributed by atoms with E-state index in [2.05, 4.69) is 36.7 Å². The molecule has 0 spiro atoms. The number of nitrogens with zero attached hydrogens (tertiary/aromatic N) is 2. The third-order valence-electron chi connectivity index (χ3n) is 3.36. The number of hydrogen-bond acceptors (Lipinski definition) is 5. The molecule has 0 bridgehead atoms. The first-order valence-electron chi connectivity index (χ1n) is 7.40. The Labute approximate surface area is 166 Å². The van der Waals surface area contributed by atoms with Crippen molar-refractivity contribution in [2.45, 2.75) is 6.92 Å². The van der Waals surface area contributed by atoms with Crippen LogP contribution >= 0.6 is 38.9 Å². The molecule has 1 aromatic carbocycles. The molecule has 0 atom stereocenters. The number of rotatable bonds is 3. The van der Waals surface area contributed by atoms with Gasteiger partial charge >= 0.3 is 0 Å². The third-order valence-corrected chi connectivity index (χ3v) is 5.30. The summed E-state index contributed by atoms with van der Waals surface area (Å²) in [7, 11) is 0. The highest BCUT2D eigenvalue weighted by Crippen LogP contribution is 2.27. The van der Waals surface area contributed by atoms with Gasteiger partial charge in [-0.15, -0.1) is 11.3 Å². The first-order valence-corrected chi connectivity index (χ1v) is 9.39. The topological polar surface area (TPSA) is 84.0 Å². The summed E-state index contributed by atoms with van der Waals surface area (Å²) < 4.78 is 0.601. The summed E-state index contributed by atoms with van der Waals surface area (Å²) in [4.78, 5) is 33.3. The molecule has 6 nitrogen and oxygen atoms in total. The van der Waals surface area contributed by atoms with E-state index in [4.69, 9.17) is 11.6 Å². The molecule has 0 saturated heterocycles. The lowest BCUT2D eigenvalue weighted by atomic mass is 10.2. The smallest absolute Gasteiger partial charge is 0.267 e. The van der Waals surface area contributed by atoms with Gasteiger partial charge in [-0.05, 0) is 28.9 Å². The van der Waals surface area contributed by atoms with Crippen LogP contribution in [-0.2, 0) is 0 Å². The normalized spacial score (nSPS) is 10.4. The highest BCUT2D eigenvalue weighted by atomic mass is 79.9. The number of thiazole rings is 1. The maximum absolute atomic E-state index is 12.4. The summed E-state index contributed by atoms with van der Waals surface area (Å²) in [6.45, 7) is 1.74. The molecule has 2 amide bonds. The van der Waals surface area contributed by atoms with Crippen molar-refractivity contribution < 1.29 is 9.59 Å². The molecule has 0 unspecified atom stereocenters. The van der Waals surface area contributed by atoms with Crippen molar-refractivity contribution in [1.82, 2.24) is 20.8 Å². The van der Waals surface area contributed by atoms with E-state index < -0.39 is 11.8 Å². The Morgan fingerprint density at radius 2 is 1.85 bits per heavy atom. The summed E-state index contributed by atoms with van der Waals surface area (Å²) in [6, 6.07) is 11.1. The van der Waals surface area contributed by atoms with Crippen LogP contribution in [0.2, 0.25) is 5.15 Å². The molecular weight excluding hydrogens is 440 g/mol. The second kappa shape index (κ2) is 7.94. The molecule has 0 fully saturated rings. The molecule has 0 saturated carbocycles. The van der Waals surface area contributed by atoms with Gasteiger partial charge in [0.1, 0.15) is 15.0 Å². The maximum atomic E-state index is 12.4. The summed E-state index contributed by atoms with van der Waals surface area (Å²) in [5.74, 6) is -1.02. The average molecular weight is 452 g/mol. The predicted molar refractivity (Wildman–Crippen MR) is 104 cm³/mol. The molecule has 9 heteroatoms. The molecule has 2 aromatic heterocycles. The Morgan fingerprint density at radius 1 is 1.15 bits per heavy atom. The fourth-order valence-corrected chi connectivity index (χ4v) is 3.62. The van der Waals surface area contributed by atoms with Crippen LogP contribution < -0.4 is 10.9 Å². The van der Waals surface area contributed by atoms with Gasteiger partial charge in [0.25, 0.3) is 11.8 Å². The Hall–Kier alpha value is -2.29. The van der Waals surface area contributed by atoms with Crippen LogP contribution in [0.3, 0.4) is 0 Å². The van der Waals surface area contributed by atoms with E-state index in [9.17, 15) is 9.59 Å². The van der Waals surface area contributed by atoms with Crippen LogP contribution in [0, 0.1) is 6.92 Å². The Morgan fingerprint density at radius 3 is 2.58 bits per heavy atom. The van der Waals surface area contributed by atoms with Crippen molar-refractivity contribution in [3.05, 3.63) is 68.4 Å². The number of aryl methyl sites for hydroxylation is 1. The largest absolute Gasteiger partial charge is 0.281 e. The molecule has 0 aliphatic rings. The van der Waals surface area contributed by atoms with E-state index in [0.717, 1.165) is 10.6 Å². The quantitative estimate of drug-likeness (QED) is 0.466. The van der Waals surface area contributed by atoms with Gasteiger partial charge in [0.05, 0.1) is 11.3 Å². The van der Waals surface area contributed by atoms with Crippen LogP contribution in [0.15, 0.2) is 47.1 Å². The number of hydrazine groups is 1. The minimum atomic E-state index is -0.567. The van der Waals surface area contributed by atoms with E-state index in [1.807, 2.05) is 30.3 Å². The molecular formula is C17H12BrClN4O2S. The fraction of sp³-hybridized carbons (Fsp3) is 0.0588. The van der Waals surface area contributed by atoms with Crippen molar-refractivity contribution in [2.75, 3.05) is 0 Å². The summed E-state index contributed by atoms with van der Waals surface area (Å²) >= 11 is 10.4. The summed E-state index contributed by atoms with van der Waals surface area (Å²) in [5.41, 5.74) is 6.37. The second-order valence-electron chi connectivity index (χ2n) is 5.20. The minimum Gasteiger partial charge on any atom is -0.267 e. The number of amides is 2. The lowest BCUT2D eigenvalue weighted by Crippen LogP contribution is -2.41. The first-order chi connectivity index (χ1) is 12.5. The first kappa shape index (κ1) is 18.5. The number of hydrogen-bond donors (Lipinski definition) is 2. The lowest BCUT2D eigenvalue weighted by molar-refractivity contribution is 0.0848. The molecule has 2 heterocycles. The maximum Gasteiger partial charge on any atom is 0.281 e. The Bertz CT molecular complexity index is 978. The van der Waals surface area contributed by atoms with E-state index in [-0.39, 0.29) is 10.7 Å². The molecule has 132 valence electrons. The summed E-state index contributed by atoms with van der Waals surface area (Å²) in [5, 5.41) is 0.777. The Balaban J connectivity index is 1.72. The zero-order chi connectivity index (χ0) is 18.7. The van der Waals surface area contributed by atoms with E-state index >= 15 is 0 Å². The Kier molecular flexibility index (Phi) is 5.65. The molecule has 0 aliphatic heterocycles. The molecule has 26 heavy (non-hydrogen) atoms. The van der Waals surface area contributed by atoms with Gasteiger partial charge in [-0.2, -0.15) is 0 Å². The molecule has 3 rings (SSSR count). The van der Waals surface area contributed by atoms with Gasteiger partial charge < -0.3 is 0 Å². The van der Waals surface area contributed by atoms with Crippen LogP contribution in [0.1, 0.15) is 25.7 Å². The number of pyridine rings is 1. The summed E-state index contributed by atoms with van der Waals surface area (Å²) in [6.07, 6.45) is 1.48. The number of carbonyl (C=O) groups is 2. The van der Waals surface area contributed by atoms with Crippen LogP contribution in [0.5, 0.6) is 0 Å². The fourth-order valence-electron chi connectivity index (χ4n) is 2.13. The number of aromatic nitrogens is 2. The van der Waals surface area contributed by atoms with E-state index in [0.29, 0.717) is 15.0 Å². The number of halogens is 2. The predicted octanol–water partition coefficient (Wildman–Crippen LogP) is 4.00. The van der Waals surface area contributed by atoms with Crippen LogP contribution in [-0.4, -0.2) is 21.8 Å². The standard InChI is InChI=1S/C17H12BrClN4O2S/c1-9-13(26-17(21-9)10-5-3-2-4-6-10)16(25)23-22-15(24)12-7-11(18)8-20-14(12)19/h2-8H,1H3,(H,22,24)(H,23,25). The number of nitrogens with one attached hydrogen (secondary N) is 2. The minimum absolute atomic E-state index is 0.0419. The van der Waals surface area contributed by atoms with Crippen molar-refractivity contribution in [3.63, 3.8) is 0 Å².